The molecule has 1 atom stereocenters. The van der Waals surface area contributed by atoms with Crippen LogP contribution in [0.2, 0.25) is 5.02 Å². The summed E-state index contributed by atoms with van der Waals surface area (Å²) in [6.07, 6.45) is 3.97. The minimum absolute atomic E-state index is 0.179. The topological polar surface area (TPSA) is 74.8 Å². The first-order valence-electron chi connectivity index (χ1n) is 15.2. The van der Waals surface area contributed by atoms with Gasteiger partial charge in [-0.15, -0.1) is 0 Å². The van der Waals surface area contributed by atoms with Gasteiger partial charge in [0.15, 0.2) is 4.80 Å². The van der Waals surface area contributed by atoms with Crippen molar-refractivity contribution < 1.29 is 14.3 Å². The Morgan fingerprint density at radius 2 is 1.77 bits per heavy atom. The monoisotopic (exact) mass is 659 g/mol. The van der Waals surface area contributed by atoms with Crippen LogP contribution in [-0.2, 0) is 16.1 Å². The van der Waals surface area contributed by atoms with Crippen LogP contribution in [0, 0.1) is 0 Å². The summed E-state index contributed by atoms with van der Waals surface area (Å²) in [5.74, 6) is 0.0832. The third-order valence-corrected chi connectivity index (χ3v) is 9.35. The van der Waals surface area contributed by atoms with Crippen molar-refractivity contribution in [3.63, 3.8) is 0 Å². The van der Waals surface area contributed by atoms with Gasteiger partial charge in [0.05, 0.1) is 35.6 Å². The third kappa shape index (κ3) is 5.82. The molecule has 0 fully saturated rings. The van der Waals surface area contributed by atoms with Gasteiger partial charge >= 0.3 is 5.97 Å². The lowest BCUT2D eigenvalue weighted by Crippen LogP contribution is -2.40. The second-order valence-electron chi connectivity index (χ2n) is 11.1. The van der Waals surface area contributed by atoms with E-state index in [9.17, 15) is 9.59 Å². The van der Waals surface area contributed by atoms with Crippen LogP contribution in [0.3, 0.4) is 0 Å². The lowest BCUT2D eigenvalue weighted by atomic mass is 9.93. The number of esters is 1. The van der Waals surface area contributed by atoms with Crippen molar-refractivity contribution in [3.05, 3.63) is 162 Å². The number of fused-ring (bicyclic) bond motifs is 2. The first kappa shape index (κ1) is 30.5. The number of carbonyl (C=O) groups excluding carboxylic acids is 1. The summed E-state index contributed by atoms with van der Waals surface area (Å²) in [6, 6.07) is 32.1. The number of benzene rings is 4. The maximum atomic E-state index is 14.5. The Labute approximate surface area is 279 Å². The fraction of sp³-hybridized carbons (Fsp3) is 0.132. The number of ether oxygens (including phenoxy) is 2. The van der Waals surface area contributed by atoms with Gasteiger partial charge in [-0.3, -0.25) is 9.36 Å². The van der Waals surface area contributed by atoms with Crippen molar-refractivity contribution >= 4 is 51.6 Å². The van der Waals surface area contributed by atoms with Crippen LogP contribution in [0.15, 0.2) is 125 Å². The van der Waals surface area contributed by atoms with Crippen molar-refractivity contribution in [2.45, 2.75) is 19.5 Å². The van der Waals surface area contributed by atoms with E-state index in [-0.39, 0.29) is 12.2 Å². The number of halogens is 1. The molecule has 0 spiro atoms. The number of hydrogen-bond acceptors (Lipinski definition) is 6. The van der Waals surface area contributed by atoms with Gasteiger partial charge in [-0.1, -0.05) is 95.7 Å². The molecule has 0 bridgehead atoms. The van der Waals surface area contributed by atoms with Crippen LogP contribution < -0.4 is 19.6 Å². The molecule has 9 heteroatoms. The number of hydrogen-bond donors (Lipinski definition) is 0. The van der Waals surface area contributed by atoms with E-state index < -0.39 is 12.0 Å². The molecule has 1 aliphatic heterocycles. The number of methoxy groups -OCH3 is 1. The van der Waals surface area contributed by atoms with E-state index >= 15 is 0 Å². The summed E-state index contributed by atoms with van der Waals surface area (Å²) in [4.78, 5) is 33.7. The van der Waals surface area contributed by atoms with Crippen molar-refractivity contribution in [2.75, 3.05) is 13.7 Å². The molecule has 1 aliphatic rings. The summed E-state index contributed by atoms with van der Waals surface area (Å²) < 4.78 is 15.4. The minimum atomic E-state index is -0.790. The van der Waals surface area contributed by atoms with E-state index in [1.165, 1.54) is 11.3 Å². The molecule has 0 saturated carbocycles. The van der Waals surface area contributed by atoms with Gasteiger partial charge < -0.3 is 14.0 Å². The Kier molecular flexibility index (Phi) is 8.37. The molecule has 0 amide bonds. The molecule has 6 aromatic rings. The van der Waals surface area contributed by atoms with Crippen molar-refractivity contribution in [1.29, 1.82) is 0 Å². The van der Waals surface area contributed by atoms with Gasteiger partial charge in [0, 0.05) is 39.8 Å². The highest BCUT2D eigenvalue weighted by Crippen LogP contribution is 2.36. The zero-order valence-electron chi connectivity index (χ0n) is 25.7. The summed E-state index contributed by atoms with van der Waals surface area (Å²) in [5.41, 5.74) is 5.00. The summed E-state index contributed by atoms with van der Waals surface area (Å²) in [5, 5.41) is 1.70. The predicted octanol–water partition coefficient (Wildman–Crippen LogP) is 6.60. The van der Waals surface area contributed by atoms with E-state index in [4.69, 9.17) is 26.1 Å². The number of nitrogens with zero attached hydrogens (tertiary/aromatic N) is 3. The Bertz CT molecular complexity index is 2350. The fourth-order valence-electron chi connectivity index (χ4n) is 6.06. The molecule has 7 rings (SSSR count). The first-order chi connectivity index (χ1) is 22.9. The fourth-order valence-corrected chi connectivity index (χ4v) is 7.27. The zero-order valence-corrected chi connectivity index (χ0v) is 27.3. The summed E-state index contributed by atoms with van der Waals surface area (Å²) >= 11 is 7.58. The molecule has 0 N–H and O–H groups in total. The molecular formula is C38H30ClN3O4S. The van der Waals surface area contributed by atoms with Crippen molar-refractivity contribution in [3.8, 4) is 5.75 Å². The van der Waals surface area contributed by atoms with E-state index in [2.05, 4.69) is 22.9 Å². The third-order valence-electron chi connectivity index (χ3n) is 8.13. The lowest BCUT2D eigenvalue weighted by Gasteiger charge is -2.26. The summed E-state index contributed by atoms with van der Waals surface area (Å²) in [6.45, 7) is 2.56. The van der Waals surface area contributed by atoms with E-state index in [1.807, 2.05) is 97.1 Å². The second-order valence-corrected chi connectivity index (χ2v) is 12.5. The minimum Gasteiger partial charge on any atom is -0.497 e. The highest BCUT2D eigenvalue weighted by Gasteiger charge is 2.35. The van der Waals surface area contributed by atoms with Gasteiger partial charge in [0.25, 0.3) is 5.56 Å². The number of rotatable bonds is 8. The Hall–Kier alpha value is -5.18. The van der Waals surface area contributed by atoms with Crippen LogP contribution in [0.1, 0.15) is 35.2 Å². The zero-order chi connectivity index (χ0) is 32.5. The molecule has 0 saturated heterocycles. The van der Waals surface area contributed by atoms with Gasteiger partial charge in [0.2, 0.25) is 0 Å². The van der Waals surface area contributed by atoms with E-state index in [0.717, 1.165) is 27.6 Å². The molecule has 47 heavy (non-hydrogen) atoms. The van der Waals surface area contributed by atoms with E-state index in [1.54, 1.807) is 18.6 Å². The molecule has 234 valence electrons. The molecule has 0 radical (unpaired) electrons. The number of para-hydroxylation sites is 1. The molecule has 7 nitrogen and oxygen atoms in total. The smallest absolute Gasteiger partial charge is 0.338 e. The Balaban J connectivity index is 1.45. The average molecular weight is 660 g/mol. The molecule has 0 unspecified atom stereocenters. The number of carbonyl (C=O) groups is 1. The molecular weight excluding hydrogens is 630 g/mol. The first-order valence-corrected chi connectivity index (χ1v) is 16.4. The van der Waals surface area contributed by atoms with Crippen molar-refractivity contribution in [1.82, 2.24) is 9.13 Å². The Morgan fingerprint density at radius 3 is 2.55 bits per heavy atom. The standard InChI is InChI=1S/C38H30ClN3O4S/c1-3-46-37(44)33-34(25-12-5-4-6-13-25)40-38-42(35(33)26-14-10-16-29(20-26)45-2)36(43)32(47-38)21-27-23-41(31-18-8-7-17-30(27)31)22-24-11-9-15-28(39)19-24/h4-21,23,35H,3,22H2,1-2H3/b32-21-/t35-/m0/s1. The van der Waals surface area contributed by atoms with Crippen LogP contribution in [0.5, 0.6) is 5.75 Å². The molecule has 2 aromatic heterocycles. The SMILES string of the molecule is CCOC(=O)C1=C(c2ccccc2)N=c2s/c(=C\c3cn(Cc4cccc(Cl)c4)c4ccccc34)c(=O)n2[C@H]1c1cccc(OC)c1. The highest BCUT2D eigenvalue weighted by atomic mass is 35.5. The molecule has 3 heterocycles. The lowest BCUT2D eigenvalue weighted by molar-refractivity contribution is -0.138. The average Bonchev–Trinajstić information content (AvgIpc) is 3.60. The van der Waals surface area contributed by atoms with Gasteiger partial charge in [0.1, 0.15) is 5.75 Å². The quantitative estimate of drug-likeness (QED) is 0.173. The summed E-state index contributed by atoms with van der Waals surface area (Å²) in [7, 11) is 1.59. The molecule has 4 aromatic carbocycles. The van der Waals surface area contributed by atoms with Gasteiger partial charge in [-0.05, 0) is 54.5 Å². The normalized spacial score (nSPS) is 14.6. The van der Waals surface area contributed by atoms with Crippen LogP contribution >= 0.6 is 22.9 Å². The van der Waals surface area contributed by atoms with Gasteiger partial charge in [-0.2, -0.15) is 0 Å². The molecule has 0 aliphatic carbocycles. The van der Waals surface area contributed by atoms with Crippen molar-refractivity contribution in [2.24, 2.45) is 4.99 Å². The maximum absolute atomic E-state index is 14.5. The van der Waals surface area contributed by atoms with Crippen LogP contribution in [0.4, 0.5) is 0 Å². The second kappa shape index (κ2) is 12.9. The largest absolute Gasteiger partial charge is 0.497 e. The number of thiazole rings is 1. The Morgan fingerprint density at radius 1 is 0.979 bits per heavy atom. The van der Waals surface area contributed by atoms with E-state index in [0.29, 0.717) is 43.5 Å². The maximum Gasteiger partial charge on any atom is 0.338 e. The highest BCUT2D eigenvalue weighted by molar-refractivity contribution is 7.07. The predicted molar refractivity (Wildman–Crippen MR) is 187 cm³/mol. The van der Waals surface area contributed by atoms with Crippen LogP contribution in [0.25, 0.3) is 22.7 Å². The van der Waals surface area contributed by atoms with Gasteiger partial charge in [-0.25, -0.2) is 9.79 Å². The number of aromatic nitrogens is 2. The van der Waals surface area contributed by atoms with Crippen LogP contribution in [-0.4, -0.2) is 28.8 Å².